The van der Waals surface area contributed by atoms with Crippen molar-refractivity contribution >= 4 is 23.5 Å². The number of esters is 1. The second-order valence-corrected chi connectivity index (χ2v) is 3.50. The molecule has 1 aliphatic heterocycles. The van der Waals surface area contributed by atoms with E-state index in [1.54, 1.807) is 20.9 Å². The molecule has 0 radical (unpaired) electrons. The molecule has 0 spiro atoms. The SMILES string of the molecule is COC(=O)C1C(=O)NC(=NN=C(C)C)N1C. The van der Waals surface area contributed by atoms with Crippen LogP contribution in [0.2, 0.25) is 0 Å². The number of nitrogens with one attached hydrogen (secondary N) is 1. The van der Waals surface area contributed by atoms with Crippen LogP contribution in [0.15, 0.2) is 10.2 Å². The molecule has 0 saturated carbocycles. The molecule has 88 valence electrons. The zero-order valence-corrected chi connectivity index (χ0v) is 9.64. The summed E-state index contributed by atoms with van der Waals surface area (Å²) in [6.45, 7) is 3.55. The van der Waals surface area contributed by atoms with E-state index in [0.717, 1.165) is 5.71 Å². The van der Waals surface area contributed by atoms with Crippen molar-refractivity contribution < 1.29 is 14.3 Å². The van der Waals surface area contributed by atoms with Crippen LogP contribution in [-0.4, -0.2) is 48.6 Å². The molecule has 1 N–H and O–H groups in total. The van der Waals surface area contributed by atoms with Gasteiger partial charge in [0.15, 0.2) is 0 Å². The first-order valence-electron chi connectivity index (χ1n) is 4.67. The van der Waals surface area contributed by atoms with E-state index >= 15 is 0 Å². The lowest BCUT2D eigenvalue weighted by atomic mass is 10.3. The Morgan fingerprint density at radius 2 is 2.12 bits per heavy atom. The summed E-state index contributed by atoms with van der Waals surface area (Å²) in [6.07, 6.45) is 0. The van der Waals surface area contributed by atoms with Crippen molar-refractivity contribution in [2.75, 3.05) is 14.2 Å². The van der Waals surface area contributed by atoms with Crippen LogP contribution in [0.4, 0.5) is 0 Å². The molecule has 0 bridgehead atoms. The minimum atomic E-state index is -0.990. The Morgan fingerprint density at radius 3 is 2.62 bits per heavy atom. The molecule has 16 heavy (non-hydrogen) atoms. The van der Waals surface area contributed by atoms with E-state index in [-0.39, 0.29) is 5.96 Å². The van der Waals surface area contributed by atoms with Gasteiger partial charge in [-0.15, -0.1) is 5.10 Å². The van der Waals surface area contributed by atoms with Gasteiger partial charge in [-0.3, -0.25) is 10.1 Å². The quantitative estimate of drug-likeness (QED) is 0.293. The molecule has 1 amide bonds. The highest BCUT2D eigenvalue weighted by Gasteiger charge is 2.40. The van der Waals surface area contributed by atoms with Gasteiger partial charge in [0.2, 0.25) is 12.0 Å². The highest BCUT2D eigenvalue weighted by molar-refractivity contribution is 6.15. The standard InChI is InChI=1S/C9H14N4O3/c1-5(2)11-12-9-10-7(14)6(13(9)3)8(15)16-4/h6H,1-4H3,(H,10,12,14). The number of amides is 1. The highest BCUT2D eigenvalue weighted by atomic mass is 16.5. The van der Waals surface area contributed by atoms with Crippen molar-refractivity contribution in [3.05, 3.63) is 0 Å². The lowest BCUT2D eigenvalue weighted by molar-refractivity contribution is -0.147. The van der Waals surface area contributed by atoms with E-state index in [1.807, 2.05) is 0 Å². The van der Waals surface area contributed by atoms with Gasteiger partial charge < -0.3 is 9.64 Å². The monoisotopic (exact) mass is 226 g/mol. The maximum absolute atomic E-state index is 11.5. The third kappa shape index (κ3) is 2.36. The summed E-state index contributed by atoms with van der Waals surface area (Å²) >= 11 is 0. The summed E-state index contributed by atoms with van der Waals surface area (Å²) in [6, 6.07) is -0.990. The Bertz CT molecular complexity index is 371. The lowest BCUT2D eigenvalue weighted by Gasteiger charge is -2.14. The number of ether oxygens (including phenoxy) is 1. The number of methoxy groups -OCH3 is 1. The molecular weight excluding hydrogens is 212 g/mol. The second-order valence-electron chi connectivity index (χ2n) is 3.50. The predicted molar refractivity (Wildman–Crippen MR) is 57.9 cm³/mol. The number of likely N-dealkylation sites (N-methyl/N-ethyl adjacent to an activating group) is 1. The summed E-state index contributed by atoms with van der Waals surface area (Å²) in [5.74, 6) is -0.846. The molecule has 7 nitrogen and oxygen atoms in total. The molecule has 1 rings (SSSR count). The number of hydrogen-bond donors (Lipinski definition) is 1. The zero-order valence-electron chi connectivity index (χ0n) is 9.64. The van der Waals surface area contributed by atoms with E-state index in [2.05, 4.69) is 20.3 Å². The number of rotatable bonds is 2. The zero-order chi connectivity index (χ0) is 12.3. The minimum Gasteiger partial charge on any atom is -0.467 e. The van der Waals surface area contributed by atoms with Gasteiger partial charge in [-0.25, -0.2) is 4.79 Å². The van der Waals surface area contributed by atoms with Gasteiger partial charge >= 0.3 is 5.97 Å². The summed E-state index contributed by atoms with van der Waals surface area (Å²) < 4.78 is 4.52. The van der Waals surface area contributed by atoms with Crippen molar-refractivity contribution in [1.29, 1.82) is 0 Å². The van der Waals surface area contributed by atoms with Crippen LogP contribution < -0.4 is 5.32 Å². The first-order valence-corrected chi connectivity index (χ1v) is 4.67. The largest absolute Gasteiger partial charge is 0.467 e. The smallest absolute Gasteiger partial charge is 0.338 e. The number of nitrogens with zero attached hydrogens (tertiary/aromatic N) is 3. The van der Waals surface area contributed by atoms with Crippen LogP contribution in [0.5, 0.6) is 0 Å². The number of carbonyl (C=O) groups excluding carboxylic acids is 2. The van der Waals surface area contributed by atoms with E-state index < -0.39 is 17.9 Å². The molecule has 1 heterocycles. The summed E-state index contributed by atoms with van der Waals surface area (Å²) in [4.78, 5) is 24.1. The van der Waals surface area contributed by atoms with Crippen molar-refractivity contribution in [3.8, 4) is 0 Å². The van der Waals surface area contributed by atoms with Crippen LogP contribution in [-0.2, 0) is 14.3 Å². The van der Waals surface area contributed by atoms with Crippen molar-refractivity contribution in [2.45, 2.75) is 19.9 Å². The van der Waals surface area contributed by atoms with Crippen molar-refractivity contribution in [1.82, 2.24) is 10.2 Å². The molecule has 1 atom stereocenters. The Kier molecular flexibility index (Phi) is 3.60. The van der Waals surface area contributed by atoms with Crippen molar-refractivity contribution in [3.63, 3.8) is 0 Å². The van der Waals surface area contributed by atoms with Gasteiger partial charge in [-0.2, -0.15) is 5.10 Å². The molecule has 0 aromatic heterocycles. The van der Waals surface area contributed by atoms with E-state index in [1.165, 1.54) is 12.0 Å². The third-order valence-corrected chi connectivity index (χ3v) is 1.97. The first kappa shape index (κ1) is 12.2. The average Bonchev–Trinajstić information content (AvgIpc) is 2.50. The van der Waals surface area contributed by atoms with Crippen molar-refractivity contribution in [2.24, 2.45) is 10.2 Å². The number of guanidine groups is 1. The summed E-state index contributed by atoms with van der Waals surface area (Å²) in [5, 5.41) is 10.1. The van der Waals surface area contributed by atoms with Gasteiger partial charge in [-0.05, 0) is 13.8 Å². The van der Waals surface area contributed by atoms with E-state index in [0.29, 0.717) is 0 Å². The van der Waals surface area contributed by atoms with E-state index in [4.69, 9.17) is 0 Å². The van der Waals surface area contributed by atoms with Gasteiger partial charge in [0.1, 0.15) is 0 Å². The Labute approximate surface area is 93.2 Å². The van der Waals surface area contributed by atoms with Gasteiger partial charge in [0.05, 0.1) is 7.11 Å². The predicted octanol–water partition coefficient (Wildman–Crippen LogP) is -0.659. The van der Waals surface area contributed by atoms with Crippen LogP contribution in [0, 0.1) is 0 Å². The molecular formula is C9H14N4O3. The van der Waals surface area contributed by atoms with Crippen LogP contribution in [0.3, 0.4) is 0 Å². The molecule has 1 saturated heterocycles. The highest BCUT2D eigenvalue weighted by Crippen LogP contribution is 2.07. The van der Waals surface area contributed by atoms with Crippen LogP contribution in [0.1, 0.15) is 13.8 Å². The fourth-order valence-electron chi connectivity index (χ4n) is 1.18. The summed E-state index contributed by atoms with van der Waals surface area (Å²) in [5.41, 5.74) is 0.747. The maximum Gasteiger partial charge on any atom is 0.338 e. The number of hydrogen-bond acceptors (Lipinski definition) is 5. The molecule has 0 aromatic carbocycles. The normalized spacial score (nSPS) is 22.0. The Balaban J connectivity index is 2.90. The topological polar surface area (TPSA) is 83.4 Å². The molecule has 1 fully saturated rings. The van der Waals surface area contributed by atoms with Crippen LogP contribution >= 0.6 is 0 Å². The summed E-state index contributed by atoms with van der Waals surface area (Å²) in [7, 11) is 2.80. The van der Waals surface area contributed by atoms with E-state index in [9.17, 15) is 9.59 Å². The van der Waals surface area contributed by atoms with Crippen LogP contribution in [0.25, 0.3) is 0 Å². The fraction of sp³-hybridized carbons (Fsp3) is 0.556. The fourth-order valence-corrected chi connectivity index (χ4v) is 1.18. The maximum atomic E-state index is 11.5. The Morgan fingerprint density at radius 1 is 1.50 bits per heavy atom. The first-order chi connectivity index (χ1) is 7.47. The molecule has 0 aromatic rings. The average molecular weight is 226 g/mol. The third-order valence-electron chi connectivity index (χ3n) is 1.97. The molecule has 1 aliphatic rings. The molecule has 1 unspecified atom stereocenters. The molecule has 7 heteroatoms. The number of carbonyl (C=O) groups is 2. The second kappa shape index (κ2) is 4.73. The van der Waals surface area contributed by atoms with Gasteiger partial charge in [0, 0.05) is 12.8 Å². The minimum absolute atomic E-state index is 0.238. The van der Waals surface area contributed by atoms with Gasteiger partial charge in [0.25, 0.3) is 5.91 Å². The van der Waals surface area contributed by atoms with Gasteiger partial charge in [-0.1, -0.05) is 0 Å². The Hall–Kier alpha value is -1.92. The molecule has 0 aliphatic carbocycles. The lowest BCUT2D eigenvalue weighted by Crippen LogP contribution is -2.39.